The number of piperidine rings is 1. The fourth-order valence-electron chi connectivity index (χ4n) is 3.97. The molecule has 2 aromatic heterocycles. The molecule has 1 aromatic carbocycles. The summed E-state index contributed by atoms with van der Waals surface area (Å²) in [6.45, 7) is 3.09. The van der Waals surface area contributed by atoms with E-state index in [2.05, 4.69) is 21.8 Å². The van der Waals surface area contributed by atoms with Crippen molar-refractivity contribution >= 4 is 38.3 Å². The van der Waals surface area contributed by atoms with Crippen LogP contribution in [0, 0.1) is 5.92 Å². The van der Waals surface area contributed by atoms with Crippen LogP contribution in [0.25, 0.3) is 11.0 Å². The molecule has 1 saturated heterocycles. The number of likely N-dealkylation sites (N-methyl/N-ethyl adjacent to an activating group) is 1. The molecular weight excluding hydrogens is 396 g/mol. The largest absolute Gasteiger partial charge is 0.369 e. The first-order chi connectivity index (χ1) is 13.4. The number of anilines is 1. The van der Waals surface area contributed by atoms with Crippen LogP contribution >= 0.6 is 11.6 Å². The third kappa shape index (κ3) is 3.27. The number of hydrogen-bond acceptors (Lipinski definition) is 4. The van der Waals surface area contributed by atoms with E-state index in [9.17, 15) is 8.42 Å². The lowest BCUT2D eigenvalue weighted by Gasteiger charge is -2.42. The van der Waals surface area contributed by atoms with Gasteiger partial charge in [-0.2, -0.15) is 4.31 Å². The molecule has 0 aliphatic carbocycles. The van der Waals surface area contributed by atoms with Crippen molar-refractivity contribution in [3.05, 3.63) is 53.8 Å². The average molecular weight is 419 g/mol. The number of nitrogens with zero attached hydrogens (tertiary/aromatic N) is 3. The first-order valence-corrected chi connectivity index (χ1v) is 11.1. The van der Waals surface area contributed by atoms with Gasteiger partial charge in [0.15, 0.2) is 0 Å². The molecular formula is C20H23ClN4O2S. The third-order valence-electron chi connectivity index (χ3n) is 5.65. The fraction of sp³-hybridized carbons (Fsp3) is 0.350. The molecule has 4 rings (SSSR count). The highest BCUT2D eigenvalue weighted by atomic mass is 35.5. The van der Waals surface area contributed by atoms with Crippen LogP contribution in [0.15, 0.2) is 53.7 Å². The summed E-state index contributed by atoms with van der Waals surface area (Å²) in [4.78, 5) is 9.83. The summed E-state index contributed by atoms with van der Waals surface area (Å²) in [5.74, 6) is 0.352. The Morgan fingerprint density at radius 1 is 1.25 bits per heavy atom. The van der Waals surface area contributed by atoms with Gasteiger partial charge in [0.2, 0.25) is 10.0 Å². The van der Waals surface area contributed by atoms with E-state index in [4.69, 9.17) is 11.6 Å². The monoisotopic (exact) mass is 418 g/mol. The zero-order valence-corrected chi connectivity index (χ0v) is 17.4. The number of pyridine rings is 1. The van der Waals surface area contributed by atoms with Crippen LogP contribution in [0.2, 0.25) is 5.02 Å². The molecule has 0 radical (unpaired) electrons. The SMILES string of the molecule is CC1CCN(S(=O)(=O)c2ccccc2Cl)CC1N(C)c1ccnc2[nH]ccc12. The summed E-state index contributed by atoms with van der Waals surface area (Å²) in [6.07, 6.45) is 4.43. The normalized spacial score (nSPS) is 21.1. The molecule has 0 amide bonds. The van der Waals surface area contributed by atoms with Crippen LogP contribution in [-0.4, -0.2) is 48.9 Å². The van der Waals surface area contributed by atoms with Gasteiger partial charge in [-0.15, -0.1) is 0 Å². The van der Waals surface area contributed by atoms with E-state index in [-0.39, 0.29) is 16.0 Å². The first kappa shape index (κ1) is 19.2. The van der Waals surface area contributed by atoms with Crippen molar-refractivity contribution in [1.29, 1.82) is 0 Å². The summed E-state index contributed by atoms with van der Waals surface area (Å²) in [6, 6.07) is 10.7. The highest BCUT2D eigenvalue weighted by molar-refractivity contribution is 7.89. The molecule has 28 heavy (non-hydrogen) atoms. The fourth-order valence-corrected chi connectivity index (χ4v) is 5.93. The number of aromatic nitrogens is 2. The van der Waals surface area contributed by atoms with Crippen LogP contribution in [0.4, 0.5) is 5.69 Å². The van der Waals surface area contributed by atoms with Gasteiger partial charge in [-0.25, -0.2) is 13.4 Å². The maximum atomic E-state index is 13.2. The maximum Gasteiger partial charge on any atom is 0.244 e. The van der Waals surface area contributed by atoms with Crippen LogP contribution in [-0.2, 0) is 10.0 Å². The lowest BCUT2D eigenvalue weighted by atomic mass is 9.93. The number of H-pyrrole nitrogens is 1. The quantitative estimate of drug-likeness (QED) is 0.700. The van der Waals surface area contributed by atoms with E-state index >= 15 is 0 Å². The lowest BCUT2D eigenvalue weighted by Crippen LogP contribution is -2.52. The topological polar surface area (TPSA) is 69.3 Å². The van der Waals surface area contributed by atoms with Crippen molar-refractivity contribution < 1.29 is 8.42 Å². The van der Waals surface area contributed by atoms with Gasteiger partial charge < -0.3 is 9.88 Å². The Balaban J connectivity index is 1.65. The Labute approximate surface area is 170 Å². The number of hydrogen-bond donors (Lipinski definition) is 1. The van der Waals surface area contributed by atoms with E-state index in [1.807, 2.05) is 25.4 Å². The first-order valence-electron chi connectivity index (χ1n) is 9.29. The number of fused-ring (bicyclic) bond motifs is 1. The third-order valence-corrected chi connectivity index (χ3v) is 8.02. The Morgan fingerprint density at radius 2 is 2.04 bits per heavy atom. The summed E-state index contributed by atoms with van der Waals surface area (Å²) < 4.78 is 28.0. The zero-order valence-electron chi connectivity index (χ0n) is 15.8. The molecule has 148 valence electrons. The van der Waals surface area contributed by atoms with Crippen LogP contribution in [0.3, 0.4) is 0 Å². The number of sulfonamides is 1. The second-order valence-corrected chi connectivity index (χ2v) is 9.62. The van der Waals surface area contributed by atoms with Crippen LogP contribution < -0.4 is 4.90 Å². The van der Waals surface area contributed by atoms with Crippen molar-refractivity contribution in [3.63, 3.8) is 0 Å². The molecule has 0 spiro atoms. The van der Waals surface area contributed by atoms with Gasteiger partial charge in [0, 0.05) is 49.6 Å². The number of nitrogens with one attached hydrogen (secondary N) is 1. The molecule has 0 saturated carbocycles. The highest BCUT2D eigenvalue weighted by Crippen LogP contribution is 2.33. The highest BCUT2D eigenvalue weighted by Gasteiger charge is 2.36. The van der Waals surface area contributed by atoms with Crippen molar-refractivity contribution in [2.24, 2.45) is 5.92 Å². The standard InChI is InChI=1S/C20H23ClN4O2S/c1-14-9-12-25(28(26,27)19-6-4-3-5-16(19)21)13-18(14)24(2)17-8-11-23-20-15(17)7-10-22-20/h3-8,10-11,14,18H,9,12-13H2,1-2H3,(H,22,23). The minimum atomic E-state index is -3.64. The smallest absolute Gasteiger partial charge is 0.244 e. The van der Waals surface area contributed by atoms with Gasteiger partial charge in [0.05, 0.1) is 5.02 Å². The minimum absolute atomic E-state index is 0.0477. The molecule has 3 aromatic rings. The molecule has 2 unspecified atom stereocenters. The molecule has 2 atom stereocenters. The predicted octanol–water partition coefficient (Wildman–Crippen LogP) is 3.75. The van der Waals surface area contributed by atoms with Crippen LogP contribution in [0.5, 0.6) is 0 Å². The van der Waals surface area contributed by atoms with Crippen molar-refractivity contribution in [2.75, 3.05) is 25.0 Å². The Hall–Kier alpha value is -2.09. The van der Waals surface area contributed by atoms with Crippen LogP contribution in [0.1, 0.15) is 13.3 Å². The van der Waals surface area contributed by atoms with Crippen molar-refractivity contribution in [1.82, 2.24) is 14.3 Å². The molecule has 0 bridgehead atoms. The Morgan fingerprint density at radius 3 is 2.82 bits per heavy atom. The lowest BCUT2D eigenvalue weighted by molar-refractivity contribution is 0.248. The molecule has 1 N–H and O–H groups in total. The molecule has 1 aliphatic rings. The second-order valence-electron chi connectivity index (χ2n) is 7.31. The number of aromatic amines is 1. The second kappa shape index (κ2) is 7.39. The van der Waals surface area contributed by atoms with Gasteiger partial charge in [-0.1, -0.05) is 30.7 Å². The van der Waals surface area contributed by atoms with Gasteiger partial charge in [0.25, 0.3) is 0 Å². The molecule has 8 heteroatoms. The molecule has 6 nitrogen and oxygen atoms in total. The van der Waals surface area contributed by atoms with E-state index < -0.39 is 10.0 Å². The van der Waals surface area contributed by atoms with E-state index in [1.165, 1.54) is 0 Å². The van der Waals surface area contributed by atoms with Crippen molar-refractivity contribution in [2.45, 2.75) is 24.3 Å². The summed E-state index contributed by atoms with van der Waals surface area (Å²) in [5, 5.41) is 1.29. The molecule has 3 heterocycles. The summed E-state index contributed by atoms with van der Waals surface area (Å²) in [7, 11) is -1.62. The minimum Gasteiger partial charge on any atom is -0.369 e. The van der Waals surface area contributed by atoms with Crippen molar-refractivity contribution in [3.8, 4) is 0 Å². The average Bonchev–Trinajstić information content (AvgIpc) is 3.16. The van der Waals surface area contributed by atoms with E-state index in [1.54, 1.807) is 34.8 Å². The van der Waals surface area contributed by atoms with E-state index in [0.29, 0.717) is 19.0 Å². The number of benzene rings is 1. The molecule has 1 fully saturated rings. The summed E-state index contributed by atoms with van der Waals surface area (Å²) in [5.41, 5.74) is 1.87. The summed E-state index contributed by atoms with van der Waals surface area (Å²) >= 11 is 6.18. The van der Waals surface area contributed by atoms with Gasteiger partial charge in [-0.05, 0) is 36.6 Å². The number of halogens is 1. The Bertz CT molecular complexity index is 1100. The predicted molar refractivity (Wildman–Crippen MR) is 112 cm³/mol. The number of rotatable bonds is 4. The van der Waals surface area contributed by atoms with Gasteiger partial charge >= 0.3 is 0 Å². The van der Waals surface area contributed by atoms with Gasteiger partial charge in [0.1, 0.15) is 10.5 Å². The maximum absolute atomic E-state index is 13.2. The molecule has 1 aliphatic heterocycles. The van der Waals surface area contributed by atoms with Gasteiger partial charge in [-0.3, -0.25) is 0 Å². The zero-order chi connectivity index (χ0) is 19.9. The van der Waals surface area contributed by atoms with E-state index in [0.717, 1.165) is 23.1 Å². The Kier molecular flexibility index (Phi) is 5.07.